The summed E-state index contributed by atoms with van der Waals surface area (Å²) in [5.41, 5.74) is 0.883. The topological polar surface area (TPSA) is 61.4 Å². The second kappa shape index (κ2) is 3.06. The van der Waals surface area contributed by atoms with Crippen LogP contribution in [0.1, 0.15) is 18.9 Å². The molecule has 2 aliphatic heterocycles. The predicted octanol–water partition coefficient (Wildman–Crippen LogP) is 0.577. The van der Waals surface area contributed by atoms with Crippen molar-refractivity contribution in [3.63, 3.8) is 0 Å². The molecule has 3 N–H and O–H groups in total. The summed E-state index contributed by atoms with van der Waals surface area (Å²) in [7, 11) is 0. The van der Waals surface area contributed by atoms with Crippen molar-refractivity contribution in [1.82, 2.24) is 5.32 Å². The highest BCUT2D eigenvalue weighted by molar-refractivity contribution is 5.83. The van der Waals surface area contributed by atoms with Gasteiger partial charge in [0.25, 0.3) is 0 Å². The van der Waals surface area contributed by atoms with Gasteiger partial charge >= 0.3 is 0 Å². The Hall–Kier alpha value is -1.39. The lowest BCUT2D eigenvalue weighted by Gasteiger charge is -2.21. The van der Waals surface area contributed by atoms with E-state index in [1.165, 1.54) is 0 Å². The van der Waals surface area contributed by atoms with Gasteiger partial charge in [0, 0.05) is 17.7 Å². The molecule has 3 rings (SSSR count). The monoisotopic (exact) mass is 218 g/mol. The molecule has 1 fully saturated rings. The van der Waals surface area contributed by atoms with Crippen molar-refractivity contribution < 1.29 is 9.90 Å². The van der Waals surface area contributed by atoms with Crippen LogP contribution in [0.3, 0.4) is 0 Å². The molecule has 2 aliphatic rings. The van der Waals surface area contributed by atoms with E-state index in [0.29, 0.717) is 6.42 Å². The summed E-state index contributed by atoms with van der Waals surface area (Å²) in [5, 5.41) is 17.0. The molecule has 1 saturated heterocycles. The molecule has 4 heteroatoms. The van der Waals surface area contributed by atoms with Crippen LogP contribution >= 0.6 is 0 Å². The van der Waals surface area contributed by atoms with E-state index in [4.69, 9.17) is 0 Å². The largest absolute Gasteiger partial charge is 0.381 e. The first-order valence-corrected chi connectivity index (χ1v) is 5.46. The summed E-state index contributed by atoms with van der Waals surface area (Å²) < 4.78 is 0. The van der Waals surface area contributed by atoms with Crippen molar-refractivity contribution in [1.29, 1.82) is 0 Å². The average molecular weight is 218 g/mol. The van der Waals surface area contributed by atoms with Crippen LogP contribution in [0.2, 0.25) is 0 Å². The van der Waals surface area contributed by atoms with Gasteiger partial charge in [-0.05, 0) is 13.0 Å². The molecule has 1 aromatic rings. The molecule has 4 nitrogen and oxygen atoms in total. The van der Waals surface area contributed by atoms with E-state index in [0.717, 1.165) is 11.3 Å². The van der Waals surface area contributed by atoms with Gasteiger partial charge in [0.15, 0.2) is 0 Å². The quantitative estimate of drug-likeness (QED) is 0.645. The highest BCUT2D eigenvalue weighted by atomic mass is 16.3. The molecule has 1 aromatic carbocycles. The zero-order chi connectivity index (χ0) is 11.3. The fourth-order valence-electron chi connectivity index (χ4n) is 2.66. The van der Waals surface area contributed by atoms with E-state index in [-0.39, 0.29) is 18.0 Å². The number of ketones is 1. The van der Waals surface area contributed by atoms with Gasteiger partial charge in [-0.15, -0.1) is 0 Å². The van der Waals surface area contributed by atoms with Crippen LogP contribution in [-0.2, 0) is 10.4 Å². The Morgan fingerprint density at radius 3 is 3.00 bits per heavy atom. The van der Waals surface area contributed by atoms with Gasteiger partial charge in [-0.2, -0.15) is 0 Å². The molecule has 0 unspecified atom stereocenters. The number of aliphatic hydroxyl groups is 1. The van der Waals surface area contributed by atoms with Gasteiger partial charge in [-0.3, -0.25) is 10.1 Å². The normalized spacial score (nSPS) is 35.4. The number of carbonyl (C=O) groups is 1. The molecule has 2 heterocycles. The molecule has 0 radical (unpaired) electrons. The van der Waals surface area contributed by atoms with Gasteiger partial charge < -0.3 is 10.4 Å². The molecule has 3 atom stereocenters. The first-order chi connectivity index (χ1) is 7.61. The van der Waals surface area contributed by atoms with E-state index in [2.05, 4.69) is 10.6 Å². The number of hydrogen-bond donors (Lipinski definition) is 3. The smallest absolute Gasteiger partial charge is 0.146 e. The molecular weight excluding hydrogens is 204 g/mol. The third-order valence-corrected chi connectivity index (χ3v) is 3.54. The van der Waals surface area contributed by atoms with Crippen LogP contribution in [0.25, 0.3) is 0 Å². The van der Waals surface area contributed by atoms with Gasteiger partial charge in [-0.25, -0.2) is 0 Å². The number of anilines is 1. The number of rotatable bonds is 1. The highest BCUT2D eigenvalue weighted by Crippen LogP contribution is 2.44. The zero-order valence-corrected chi connectivity index (χ0v) is 9.03. The van der Waals surface area contributed by atoms with E-state index in [1.807, 2.05) is 24.3 Å². The lowest BCUT2D eigenvalue weighted by atomic mass is 9.90. The summed E-state index contributed by atoms with van der Waals surface area (Å²) in [4.78, 5) is 11.3. The SMILES string of the molecule is CC(=O)[C@@H]1C[C@]2(O)c3ccccc3N[C@@H]2N1. The molecule has 0 aliphatic carbocycles. The Bertz CT molecular complexity index is 460. The van der Waals surface area contributed by atoms with Crippen LogP contribution in [-0.4, -0.2) is 23.1 Å². The summed E-state index contributed by atoms with van der Waals surface area (Å²) in [6.45, 7) is 1.55. The number of carbonyl (C=O) groups excluding carboxylic acids is 1. The van der Waals surface area contributed by atoms with Gasteiger partial charge in [0.1, 0.15) is 17.6 Å². The fraction of sp³-hybridized carbons (Fsp3) is 0.417. The fourth-order valence-corrected chi connectivity index (χ4v) is 2.66. The van der Waals surface area contributed by atoms with Crippen molar-refractivity contribution in [2.45, 2.75) is 31.2 Å². The molecule has 84 valence electrons. The molecule has 0 aromatic heterocycles. The maximum absolute atomic E-state index is 11.3. The zero-order valence-electron chi connectivity index (χ0n) is 9.03. The van der Waals surface area contributed by atoms with Crippen LogP contribution in [0, 0.1) is 0 Å². The maximum Gasteiger partial charge on any atom is 0.146 e. The maximum atomic E-state index is 11.3. The minimum Gasteiger partial charge on any atom is -0.381 e. The van der Waals surface area contributed by atoms with E-state index < -0.39 is 5.60 Å². The summed E-state index contributed by atoms with van der Waals surface area (Å²) >= 11 is 0. The molecular formula is C12H14N2O2. The Morgan fingerprint density at radius 1 is 1.50 bits per heavy atom. The third kappa shape index (κ3) is 1.14. The molecule has 16 heavy (non-hydrogen) atoms. The van der Waals surface area contributed by atoms with Crippen molar-refractivity contribution in [2.75, 3.05) is 5.32 Å². The minimum atomic E-state index is -0.951. The van der Waals surface area contributed by atoms with Gasteiger partial charge in [0.2, 0.25) is 0 Å². The number of nitrogens with one attached hydrogen (secondary N) is 2. The standard InChI is InChI=1S/C12H14N2O2/c1-7(15)10-6-12(16)8-4-2-3-5-9(8)13-11(12)14-10/h2-5,10-11,13-14,16H,6H2,1H3/t10-,11+,12-/m0/s1. The van der Waals surface area contributed by atoms with Gasteiger partial charge in [0.05, 0.1) is 6.04 Å². The number of para-hydroxylation sites is 1. The predicted molar refractivity (Wildman–Crippen MR) is 60.0 cm³/mol. The average Bonchev–Trinajstić information content (AvgIpc) is 2.69. The summed E-state index contributed by atoms with van der Waals surface area (Å²) in [6.07, 6.45) is 0.190. The van der Waals surface area contributed by atoms with Crippen molar-refractivity contribution >= 4 is 11.5 Å². The lowest BCUT2D eigenvalue weighted by Crippen LogP contribution is -2.42. The Labute approximate surface area is 93.7 Å². The highest BCUT2D eigenvalue weighted by Gasteiger charge is 2.53. The Morgan fingerprint density at radius 2 is 2.25 bits per heavy atom. The Balaban J connectivity index is 2.01. The third-order valence-electron chi connectivity index (χ3n) is 3.54. The lowest BCUT2D eigenvalue weighted by molar-refractivity contribution is -0.119. The van der Waals surface area contributed by atoms with E-state index in [1.54, 1.807) is 6.92 Å². The van der Waals surface area contributed by atoms with Crippen LogP contribution in [0.15, 0.2) is 24.3 Å². The first kappa shape index (κ1) is 9.81. The van der Waals surface area contributed by atoms with Crippen LogP contribution in [0.4, 0.5) is 5.69 Å². The van der Waals surface area contributed by atoms with Crippen molar-refractivity contribution in [3.05, 3.63) is 29.8 Å². The number of benzene rings is 1. The Kier molecular flexibility index (Phi) is 1.87. The summed E-state index contributed by atoms with van der Waals surface area (Å²) in [5.74, 6) is 0.0714. The number of fused-ring (bicyclic) bond motifs is 3. The second-order valence-corrected chi connectivity index (χ2v) is 4.58. The summed E-state index contributed by atoms with van der Waals surface area (Å²) in [6, 6.07) is 7.43. The van der Waals surface area contributed by atoms with Gasteiger partial charge in [-0.1, -0.05) is 18.2 Å². The number of Topliss-reactive ketones (excluding diaryl/α,β-unsaturated/α-hetero) is 1. The molecule has 0 amide bonds. The van der Waals surface area contributed by atoms with Crippen molar-refractivity contribution in [2.24, 2.45) is 0 Å². The van der Waals surface area contributed by atoms with Crippen LogP contribution in [0.5, 0.6) is 0 Å². The van der Waals surface area contributed by atoms with E-state index in [9.17, 15) is 9.90 Å². The first-order valence-electron chi connectivity index (χ1n) is 5.46. The molecule has 0 spiro atoms. The molecule has 0 saturated carbocycles. The number of hydrogen-bond acceptors (Lipinski definition) is 4. The van der Waals surface area contributed by atoms with Crippen LogP contribution < -0.4 is 10.6 Å². The molecule has 0 bridgehead atoms. The minimum absolute atomic E-state index is 0.0714. The van der Waals surface area contributed by atoms with E-state index >= 15 is 0 Å². The van der Waals surface area contributed by atoms with Crippen molar-refractivity contribution in [3.8, 4) is 0 Å². The second-order valence-electron chi connectivity index (χ2n) is 4.58.